The predicted molar refractivity (Wildman–Crippen MR) is 104 cm³/mol. The summed E-state index contributed by atoms with van der Waals surface area (Å²) in [4.78, 5) is 3.28. The molecule has 120 valence electrons. The smallest absolute Gasteiger partial charge is 0.212 e. The first-order valence-corrected chi connectivity index (χ1v) is 9.12. The van der Waals surface area contributed by atoms with Gasteiger partial charge in [-0.05, 0) is 24.3 Å². The van der Waals surface area contributed by atoms with E-state index in [1.165, 1.54) is 10.9 Å². The first kappa shape index (κ1) is 15.8. The van der Waals surface area contributed by atoms with Crippen LogP contribution < -0.4 is 9.47 Å². The minimum Gasteiger partial charge on any atom is -0.338 e. The molecule has 0 bridgehead atoms. The summed E-state index contributed by atoms with van der Waals surface area (Å²) in [6.07, 6.45) is 2.19. The van der Waals surface area contributed by atoms with Gasteiger partial charge in [0.05, 0.1) is 20.8 Å². The third kappa shape index (κ3) is 2.57. The number of fused-ring (bicyclic) bond motifs is 2. The molecule has 5 heteroatoms. The molecule has 24 heavy (non-hydrogen) atoms. The second-order valence-electron chi connectivity index (χ2n) is 5.75. The van der Waals surface area contributed by atoms with E-state index in [4.69, 9.17) is 23.2 Å². The molecule has 0 aliphatic carbocycles. The lowest BCUT2D eigenvalue weighted by molar-refractivity contribution is -0.646. The zero-order valence-electron chi connectivity index (χ0n) is 13.3. The zero-order chi connectivity index (χ0) is 16.8. The number of thioether (sulfide) groups is 1. The normalized spacial score (nSPS) is 15.3. The molecule has 0 saturated heterocycles. The van der Waals surface area contributed by atoms with Crippen molar-refractivity contribution in [3.05, 3.63) is 69.3 Å². The van der Waals surface area contributed by atoms with Crippen LogP contribution in [0, 0.1) is 0 Å². The van der Waals surface area contributed by atoms with Crippen LogP contribution in [0.5, 0.6) is 0 Å². The summed E-state index contributed by atoms with van der Waals surface area (Å²) >= 11 is 14.0. The molecule has 1 aliphatic heterocycles. The molecule has 2 heterocycles. The van der Waals surface area contributed by atoms with Gasteiger partial charge in [-0.15, -0.1) is 0 Å². The Morgan fingerprint density at radius 1 is 1.04 bits per heavy atom. The van der Waals surface area contributed by atoms with Crippen LogP contribution in [0.4, 0.5) is 5.69 Å². The molecule has 0 unspecified atom stereocenters. The largest absolute Gasteiger partial charge is 0.338 e. The summed E-state index contributed by atoms with van der Waals surface area (Å²) in [5, 5.41) is 3.56. The van der Waals surface area contributed by atoms with Gasteiger partial charge < -0.3 is 4.90 Å². The highest BCUT2D eigenvalue weighted by Gasteiger charge is 2.24. The Morgan fingerprint density at radius 2 is 1.79 bits per heavy atom. The van der Waals surface area contributed by atoms with Crippen molar-refractivity contribution in [1.29, 1.82) is 0 Å². The van der Waals surface area contributed by atoms with E-state index in [9.17, 15) is 0 Å². The Bertz CT molecular complexity index is 998. The highest BCUT2D eigenvalue weighted by atomic mass is 35.5. The Balaban J connectivity index is 1.79. The minimum atomic E-state index is 0.584. The van der Waals surface area contributed by atoms with E-state index in [0.29, 0.717) is 10.0 Å². The van der Waals surface area contributed by atoms with E-state index in [1.54, 1.807) is 11.8 Å². The van der Waals surface area contributed by atoms with Gasteiger partial charge in [0.2, 0.25) is 11.2 Å². The molecule has 2 aromatic carbocycles. The number of hydrogen-bond acceptors (Lipinski definition) is 2. The van der Waals surface area contributed by atoms with E-state index in [0.717, 1.165) is 21.3 Å². The van der Waals surface area contributed by atoms with Crippen molar-refractivity contribution in [1.82, 2.24) is 0 Å². The fourth-order valence-electron chi connectivity index (χ4n) is 2.92. The lowest BCUT2D eigenvalue weighted by Crippen LogP contribution is -2.32. The average Bonchev–Trinajstić information content (AvgIpc) is 2.87. The van der Waals surface area contributed by atoms with Crippen molar-refractivity contribution in [3.63, 3.8) is 0 Å². The molecule has 0 saturated carbocycles. The summed E-state index contributed by atoms with van der Waals surface area (Å²) in [6.45, 7) is 0. The number of pyridine rings is 1. The van der Waals surface area contributed by atoms with Crippen molar-refractivity contribution in [3.8, 4) is 0 Å². The van der Waals surface area contributed by atoms with Crippen molar-refractivity contribution in [2.75, 3.05) is 11.9 Å². The van der Waals surface area contributed by atoms with Gasteiger partial charge in [0, 0.05) is 35.5 Å². The number of anilines is 1. The van der Waals surface area contributed by atoms with Crippen LogP contribution in [0.15, 0.2) is 58.5 Å². The van der Waals surface area contributed by atoms with Crippen LogP contribution in [0.3, 0.4) is 0 Å². The number of halogens is 2. The first-order chi connectivity index (χ1) is 11.5. The van der Waals surface area contributed by atoms with Crippen LogP contribution in [0.1, 0.15) is 5.69 Å². The van der Waals surface area contributed by atoms with Crippen molar-refractivity contribution in [2.24, 2.45) is 7.05 Å². The molecule has 0 amide bonds. The van der Waals surface area contributed by atoms with Gasteiger partial charge in [-0.2, -0.15) is 4.57 Å². The average molecular weight is 374 g/mol. The van der Waals surface area contributed by atoms with E-state index in [-0.39, 0.29) is 0 Å². The second kappa shape index (κ2) is 5.99. The van der Waals surface area contributed by atoms with Gasteiger partial charge in [0.25, 0.3) is 0 Å². The molecule has 0 fully saturated rings. The Morgan fingerprint density at radius 3 is 2.62 bits per heavy atom. The Labute approximate surface area is 155 Å². The molecule has 0 atom stereocenters. The fraction of sp³-hybridized carbons (Fsp3) is 0.105. The van der Waals surface area contributed by atoms with E-state index < -0.39 is 0 Å². The number of para-hydroxylation sites is 1. The van der Waals surface area contributed by atoms with Gasteiger partial charge in [-0.3, -0.25) is 0 Å². The van der Waals surface area contributed by atoms with Crippen LogP contribution in [0.2, 0.25) is 10.0 Å². The fourth-order valence-corrected chi connectivity index (χ4v) is 4.42. The molecule has 0 spiro atoms. The van der Waals surface area contributed by atoms with Crippen molar-refractivity contribution < 1.29 is 4.57 Å². The number of rotatable bonds is 1. The number of hydrogen-bond donors (Lipinski definition) is 0. The maximum absolute atomic E-state index is 6.16. The molecule has 2 nitrogen and oxygen atoms in total. The molecule has 0 radical (unpaired) electrons. The highest BCUT2D eigenvalue weighted by molar-refractivity contribution is 8.03. The van der Waals surface area contributed by atoms with Gasteiger partial charge >= 0.3 is 0 Å². The molecule has 3 aromatic rings. The lowest BCUT2D eigenvalue weighted by Gasteiger charge is -2.13. The summed E-state index contributed by atoms with van der Waals surface area (Å²) in [5.74, 6) is 0. The minimum absolute atomic E-state index is 0.584. The van der Waals surface area contributed by atoms with Gasteiger partial charge in [-0.25, -0.2) is 0 Å². The Kier molecular flexibility index (Phi) is 3.95. The summed E-state index contributed by atoms with van der Waals surface area (Å²) < 4.78 is 2.21. The van der Waals surface area contributed by atoms with Crippen LogP contribution in [0.25, 0.3) is 17.0 Å². The third-order valence-corrected chi connectivity index (χ3v) is 6.17. The summed E-state index contributed by atoms with van der Waals surface area (Å²) in [7, 11) is 4.14. The van der Waals surface area contributed by atoms with Crippen LogP contribution in [-0.4, -0.2) is 7.05 Å². The topological polar surface area (TPSA) is 7.12 Å². The predicted octanol–water partition coefficient (Wildman–Crippen LogP) is 5.51. The van der Waals surface area contributed by atoms with E-state index in [2.05, 4.69) is 66.0 Å². The monoisotopic (exact) mass is 373 g/mol. The number of aryl methyl sites for hydroxylation is 1. The molecule has 1 aromatic heterocycles. The molecule has 0 N–H and O–H groups in total. The van der Waals surface area contributed by atoms with Crippen molar-refractivity contribution in [2.45, 2.75) is 4.90 Å². The SMILES string of the molecule is CN1/C(=C/c2ccc3ccccc3[n+]2C)Sc2cc(Cl)c(Cl)cc21. The summed E-state index contributed by atoms with van der Waals surface area (Å²) in [5.41, 5.74) is 3.44. The Hall–Kier alpha value is -1.68. The second-order valence-corrected chi connectivity index (χ2v) is 7.63. The molecule has 4 rings (SSSR count). The van der Waals surface area contributed by atoms with E-state index >= 15 is 0 Å². The zero-order valence-corrected chi connectivity index (χ0v) is 15.6. The lowest BCUT2D eigenvalue weighted by atomic mass is 10.2. The summed E-state index contributed by atoms with van der Waals surface area (Å²) in [6, 6.07) is 16.5. The highest BCUT2D eigenvalue weighted by Crippen LogP contribution is 2.48. The van der Waals surface area contributed by atoms with Gasteiger partial charge in [0.15, 0.2) is 0 Å². The van der Waals surface area contributed by atoms with Gasteiger partial charge in [-0.1, -0.05) is 47.1 Å². The first-order valence-electron chi connectivity index (χ1n) is 7.55. The van der Waals surface area contributed by atoms with Crippen LogP contribution in [-0.2, 0) is 7.05 Å². The maximum Gasteiger partial charge on any atom is 0.212 e. The van der Waals surface area contributed by atoms with Crippen molar-refractivity contribution >= 4 is 57.6 Å². The molecular weight excluding hydrogens is 359 g/mol. The third-order valence-electron chi connectivity index (χ3n) is 4.30. The van der Waals surface area contributed by atoms with E-state index in [1.807, 2.05) is 12.1 Å². The number of benzene rings is 2. The molecular formula is C19H15Cl2N2S+. The maximum atomic E-state index is 6.16. The molecule has 1 aliphatic rings. The quantitative estimate of drug-likeness (QED) is 0.519. The number of nitrogens with zero attached hydrogens (tertiary/aromatic N) is 2. The van der Waals surface area contributed by atoms with Crippen LogP contribution >= 0.6 is 35.0 Å². The van der Waals surface area contributed by atoms with Gasteiger partial charge in [0.1, 0.15) is 7.05 Å². The number of aromatic nitrogens is 1. The standard InChI is InChI=1S/C19H15Cl2N2S/c1-22-13(8-7-12-5-3-4-6-16(12)22)9-19-23(2)17-10-14(20)15(21)11-18(17)24-19/h3-11H,1-2H3/q+1.